The summed E-state index contributed by atoms with van der Waals surface area (Å²) in [5.74, 6) is 0. The minimum atomic E-state index is -0.496. The number of amides is 1. The lowest BCUT2D eigenvalue weighted by atomic mass is 10.2. The van der Waals surface area contributed by atoms with Gasteiger partial charge in [0.25, 0.3) is 0 Å². The van der Waals surface area contributed by atoms with Gasteiger partial charge >= 0.3 is 6.09 Å². The van der Waals surface area contributed by atoms with Gasteiger partial charge in [0.05, 0.1) is 0 Å². The van der Waals surface area contributed by atoms with Crippen LogP contribution in [0.1, 0.15) is 26.3 Å². The average molecular weight is 302 g/mol. The van der Waals surface area contributed by atoms with Crippen LogP contribution in [0, 0.1) is 0 Å². The Morgan fingerprint density at radius 2 is 2.05 bits per heavy atom. The summed E-state index contributed by atoms with van der Waals surface area (Å²) >= 11 is 11.9. The molecule has 0 aliphatic heterocycles. The molecule has 19 heavy (non-hydrogen) atoms. The lowest BCUT2D eigenvalue weighted by molar-refractivity contribution is 0.0534. The van der Waals surface area contributed by atoms with Gasteiger partial charge in [-0.05, 0) is 44.5 Å². The maximum atomic E-state index is 11.4. The minimum Gasteiger partial charge on any atom is -0.444 e. The van der Waals surface area contributed by atoms with Crippen LogP contribution in [-0.4, -0.2) is 18.2 Å². The van der Waals surface area contributed by atoms with E-state index < -0.39 is 11.7 Å². The van der Waals surface area contributed by atoms with Gasteiger partial charge in [-0.3, -0.25) is 0 Å². The van der Waals surface area contributed by atoms with Gasteiger partial charge in [0, 0.05) is 16.6 Å². The molecule has 0 unspecified atom stereocenters. The fourth-order valence-corrected chi connectivity index (χ4v) is 1.65. The highest BCUT2D eigenvalue weighted by molar-refractivity contribution is 6.34. The van der Waals surface area contributed by atoms with E-state index in [9.17, 15) is 4.79 Å². The van der Waals surface area contributed by atoms with Crippen LogP contribution >= 0.6 is 23.2 Å². The van der Waals surface area contributed by atoms with E-state index in [0.717, 1.165) is 5.56 Å². The number of ether oxygens (including phenoxy) is 1. The van der Waals surface area contributed by atoms with E-state index in [1.54, 1.807) is 30.4 Å². The highest BCUT2D eigenvalue weighted by atomic mass is 35.5. The number of hydrogen-bond donors (Lipinski definition) is 1. The topological polar surface area (TPSA) is 38.3 Å². The van der Waals surface area contributed by atoms with Crippen molar-refractivity contribution in [2.75, 3.05) is 6.54 Å². The monoisotopic (exact) mass is 301 g/mol. The summed E-state index contributed by atoms with van der Waals surface area (Å²) in [6.45, 7) is 5.80. The van der Waals surface area contributed by atoms with Crippen molar-refractivity contribution < 1.29 is 9.53 Å². The summed E-state index contributed by atoms with van der Waals surface area (Å²) in [6.07, 6.45) is 3.13. The molecule has 0 fully saturated rings. The molecule has 0 aliphatic rings. The Bertz CT molecular complexity index is 479. The van der Waals surface area contributed by atoms with E-state index >= 15 is 0 Å². The summed E-state index contributed by atoms with van der Waals surface area (Å²) in [5, 5.41) is 3.84. The number of hydrogen-bond acceptors (Lipinski definition) is 2. The number of rotatable bonds is 3. The fourth-order valence-electron chi connectivity index (χ4n) is 1.28. The summed E-state index contributed by atoms with van der Waals surface area (Å²) in [4.78, 5) is 11.4. The molecule has 0 radical (unpaired) electrons. The number of carbonyl (C=O) groups excluding carboxylic acids is 1. The van der Waals surface area contributed by atoms with E-state index in [0.29, 0.717) is 16.6 Å². The minimum absolute atomic E-state index is 0.359. The molecular formula is C14H17Cl2NO2. The predicted molar refractivity (Wildman–Crippen MR) is 79.7 cm³/mol. The van der Waals surface area contributed by atoms with Crippen molar-refractivity contribution in [3.05, 3.63) is 39.9 Å². The maximum Gasteiger partial charge on any atom is 0.407 e. The number of halogens is 2. The Kier molecular flexibility index (Phi) is 5.70. The average Bonchev–Trinajstić information content (AvgIpc) is 2.26. The maximum absolute atomic E-state index is 11.4. The van der Waals surface area contributed by atoms with E-state index in [4.69, 9.17) is 27.9 Å². The third-order valence-electron chi connectivity index (χ3n) is 2.02. The van der Waals surface area contributed by atoms with Crippen molar-refractivity contribution in [2.24, 2.45) is 0 Å². The Balaban J connectivity index is 2.47. The van der Waals surface area contributed by atoms with Gasteiger partial charge in [-0.15, -0.1) is 0 Å². The Labute approximate surface area is 123 Å². The van der Waals surface area contributed by atoms with Crippen molar-refractivity contribution in [1.29, 1.82) is 0 Å². The molecule has 0 saturated heterocycles. The van der Waals surface area contributed by atoms with Crippen molar-refractivity contribution in [3.8, 4) is 0 Å². The lowest BCUT2D eigenvalue weighted by Crippen LogP contribution is -2.32. The van der Waals surface area contributed by atoms with Crippen LogP contribution in [0.2, 0.25) is 10.0 Å². The lowest BCUT2D eigenvalue weighted by Gasteiger charge is -2.19. The molecule has 3 nitrogen and oxygen atoms in total. The van der Waals surface area contributed by atoms with Crippen LogP contribution in [0.4, 0.5) is 4.79 Å². The van der Waals surface area contributed by atoms with Gasteiger partial charge in [-0.1, -0.05) is 35.4 Å². The second-order valence-electron chi connectivity index (χ2n) is 4.95. The molecule has 0 aromatic heterocycles. The molecule has 1 aromatic carbocycles. The first-order valence-electron chi connectivity index (χ1n) is 5.86. The van der Waals surface area contributed by atoms with Crippen LogP contribution in [0.5, 0.6) is 0 Å². The Hall–Kier alpha value is -1.19. The van der Waals surface area contributed by atoms with Crippen LogP contribution in [0.15, 0.2) is 24.3 Å². The van der Waals surface area contributed by atoms with Crippen LogP contribution in [-0.2, 0) is 4.74 Å². The second-order valence-corrected chi connectivity index (χ2v) is 5.79. The second kappa shape index (κ2) is 6.83. The molecule has 1 amide bonds. The SMILES string of the molecule is CC(C)(C)OC(=O)NCC=Cc1cc(Cl)ccc1Cl. The van der Waals surface area contributed by atoms with Gasteiger partial charge in [0.1, 0.15) is 5.60 Å². The predicted octanol–water partition coefficient (Wildman–Crippen LogP) is 4.53. The molecule has 0 heterocycles. The third kappa shape index (κ3) is 6.50. The quantitative estimate of drug-likeness (QED) is 0.890. The molecule has 1 aromatic rings. The van der Waals surface area contributed by atoms with E-state index in [1.165, 1.54) is 0 Å². The van der Waals surface area contributed by atoms with E-state index in [-0.39, 0.29) is 0 Å². The molecule has 5 heteroatoms. The largest absolute Gasteiger partial charge is 0.444 e. The molecule has 0 aliphatic carbocycles. The molecule has 0 atom stereocenters. The zero-order valence-corrected chi connectivity index (χ0v) is 12.7. The first-order chi connectivity index (χ1) is 8.78. The van der Waals surface area contributed by atoms with Gasteiger partial charge in [0.2, 0.25) is 0 Å². The fraction of sp³-hybridized carbons (Fsp3) is 0.357. The van der Waals surface area contributed by atoms with Crippen molar-refractivity contribution in [3.63, 3.8) is 0 Å². The molecular weight excluding hydrogens is 285 g/mol. The Morgan fingerprint density at radius 1 is 1.37 bits per heavy atom. The highest BCUT2D eigenvalue weighted by Crippen LogP contribution is 2.21. The third-order valence-corrected chi connectivity index (χ3v) is 2.60. The summed E-state index contributed by atoms with van der Waals surface area (Å²) < 4.78 is 5.10. The van der Waals surface area contributed by atoms with Crippen molar-refractivity contribution in [1.82, 2.24) is 5.32 Å². The van der Waals surface area contributed by atoms with Crippen molar-refractivity contribution in [2.45, 2.75) is 26.4 Å². The highest BCUT2D eigenvalue weighted by Gasteiger charge is 2.14. The van der Waals surface area contributed by atoms with Crippen LogP contribution in [0.25, 0.3) is 6.08 Å². The van der Waals surface area contributed by atoms with Gasteiger partial charge < -0.3 is 10.1 Å². The smallest absolute Gasteiger partial charge is 0.407 e. The summed E-state index contributed by atoms with van der Waals surface area (Å²) in [6, 6.07) is 5.21. The zero-order valence-electron chi connectivity index (χ0n) is 11.2. The van der Waals surface area contributed by atoms with Crippen LogP contribution in [0.3, 0.4) is 0 Å². The number of alkyl carbamates (subject to hydrolysis) is 1. The standard InChI is InChI=1S/C14H17Cl2NO2/c1-14(2,3)19-13(18)17-8-4-5-10-9-11(15)6-7-12(10)16/h4-7,9H,8H2,1-3H3,(H,17,18). The van der Waals surface area contributed by atoms with Crippen molar-refractivity contribution >= 4 is 35.4 Å². The van der Waals surface area contributed by atoms with E-state index in [2.05, 4.69) is 5.32 Å². The number of benzene rings is 1. The summed E-state index contributed by atoms with van der Waals surface area (Å²) in [7, 11) is 0. The first kappa shape index (κ1) is 15.9. The summed E-state index contributed by atoms with van der Waals surface area (Å²) in [5.41, 5.74) is 0.310. The van der Waals surface area contributed by atoms with Gasteiger partial charge in [-0.2, -0.15) is 0 Å². The molecule has 1 rings (SSSR count). The molecule has 0 bridgehead atoms. The van der Waals surface area contributed by atoms with E-state index in [1.807, 2.05) is 20.8 Å². The first-order valence-corrected chi connectivity index (χ1v) is 6.62. The van der Waals surface area contributed by atoms with Gasteiger partial charge in [0.15, 0.2) is 0 Å². The van der Waals surface area contributed by atoms with Gasteiger partial charge in [-0.25, -0.2) is 4.79 Å². The molecule has 1 N–H and O–H groups in total. The Morgan fingerprint density at radius 3 is 2.68 bits per heavy atom. The number of nitrogens with one attached hydrogen (secondary N) is 1. The normalized spacial score (nSPS) is 11.6. The molecule has 0 spiro atoms. The van der Waals surface area contributed by atoms with Crippen LogP contribution < -0.4 is 5.32 Å². The zero-order chi connectivity index (χ0) is 14.5. The molecule has 104 valence electrons. The number of carbonyl (C=O) groups is 1. The molecule has 0 saturated carbocycles.